The highest BCUT2D eigenvalue weighted by Gasteiger charge is 2.11. The number of pyridine rings is 1. The smallest absolute Gasteiger partial charge is 0.175 e. The molecule has 0 unspecified atom stereocenters. The summed E-state index contributed by atoms with van der Waals surface area (Å²) in [6.07, 6.45) is 2.95. The zero-order valence-corrected chi connectivity index (χ0v) is 14.2. The molecule has 0 aliphatic carbocycles. The summed E-state index contributed by atoms with van der Waals surface area (Å²) in [6, 6.07) is 18.4. The molecule has 0 saturated heterocycles. The summed E-state index contributed by atoms with van der Waals surface area (Å²) < 4.78 is 28.4. The molecule has 5 heteroatoms. The maximum absolute atomic E-state index is 11.6. The lowest BCUT2D eigenvalue weighted by Crippen LogP contribution is -1.96. The van der Waals surface area contributed by atoms with Gasteiger partial charge in [-0.15, -0.1) is 0 Å². The summed E-state index contributed by atoms with van der Waals surface area (Å²) in [7, 11) is -1.57. The predicted molar refractivity (Wildman–Crippen MR) is 94.8 cm³/mol. The van der Waals surface area contributed by atoms with Gasteiger partial charge in [-0.05, 0) is 48.0 Å². The standard InChI is InChI=1S/C19H17NO3S/c1-23-16-9-5-15(6-10-16)19-18(4-3-13-20-19)14-7-11-17(12-8-14)24(2,21)22/h3-13H,1-2H3. The van der Waals surface area contributed by atoms with Gasteiger partial charge in [0.25, 0.3) is 0 Å². The topological polar surface area (TPSA) is 56.3 Å². The maximum Gasteiger partial charge on any atom is 0.175 e. The number of benzene rings is 2. The third-order valence-electron chi connectivity index (χ3n) is 3.76. The second-order valence-corrected chi connectivity index (χ2v) is 7.44. The van der Waals surface area contributed by atoms with Crippen LogP contribution in [-0.2, 0) is 9.84 Å². The molecule has 3 aromatic rings. The van der Waals surface area contributed by atoms with Crippen LogP contribution < -0.4 is 4.74 Å². The first-order valence-electron chi connectivity index (χ1n) is 7.39. The molecule has 2 aromatic carbocycles. The van der Waals surface area contributed by atoms with Gasteiger partial charge in [0.15, 0.2) is 9.84 Å². The van der Waals surface area contributed by atoms with Gasteiger partial charge in [0, 0.05) is 23.6 Å². The second kappa shape index (κ2) is 6.45. The number of sulfone groups is 1. The lowest BCUT2D eigenvalue weighted by atomic mass is 9.99. The van der Waals surface area contributed by atoms with E-state index in [1.807, 2.05) is 36.4 Å². The Bertz CT molecular complexity index is 947. The minimum Gasteiger partial charge on any atom is -0.497 e. The van der Waals surface area contributed by atoms with Crippen LogP contribution in [0, 0.1) is 0 Å². The van der Waals surface area contributed by atoms with Crippen LogP contribution in [0.5, 0.6) is 5.75 Å². The van der Waals surface area contributed by atoms with Gasteiger partial charge in [-0.25, -0.2) is 8.42 Å². The Kier molecular flexibility index (Phi) is 4.36. The van der Waals surface area contributed by atoms with E-state index in [9.17, 15) is 8.42 Å². The van der Waals surface area contributed by atoms with E-state index in [0.29, 0.717) is 4.90 Å². The molecule has 24 heavy (non-hydrogen) atoms. The zero-order valence-electron chi connectivity index (χ0n) is 13.4. The highest BCUT2D eigenvalue weighted by atomic mass is 32.2. The van der Waals surface area contributed by atoms with E-state index >= 15 is 0 Å². The van der Waals surface area contributed by atoms with Crippen molar-refractivity contribution < 1.29 is 13.2 Å². The summed E-state index contributed by atoms with van der Waals surface area (Å²) in [5.41, 5.74) is 3.68. The normalized spacial score (nSPS) is 11.2. The highest BCUT2D eigenvalue weighted by Crippen LogP contribution is 2.31. The van der Waals surface area contributed by atoms with Crippen LogP contribution in [0.4, 0.5) is 0 Å². The van der Waals surface area contributed by atoms with Gasteiger partial charge in [-0.2, -0.15) is 0 Å². The fourth-order valence-electron chi connectivity index (χ4n) is 2.50. The molecule has 0 aliphatic rings. The predicted octanol–water partition coefficient (Wildman–Crippen LogP) is 3.83. The van der Waals surface area contributed by atoms with Gasteiger partial charge in [-0.3, -0.25) is 4.98 Å². The fourth-order valence-corrected chi connectivity index (χ4v) is 3.13. The number of aromatic nitrogens is 1. The van der Waals surface area contributed by atoms with Crippen molar-refractivity contribution in [3.63, 3.8) is 0 Å². The monoisotopic (exact) mass is 339 g/mol. The first-order valence-corrected chi connectivity index (χ1v) is 9.28. The molecule has 0 fully saturated rings. The zero-order chi connectivity index (χ0) is 17.2. The van der Waals surface area contributed by atoms with Crippen molar-refractivity contribution in [3.8, 4) is 28.1 Å². The molecular weight excluding hydrogens is 322 g/mol. The molecule has 0 amide bonds. The minimum atomic E-state index is -3.20. The van der Waals surface area contributed by atoms with Gasteiger partial charge in [-0.1, -0.05) is 18.2 Å². The Balaban J connectivity index is 2.06. The first kappa shape index (κ1) is 16.2. The van der Waals surface area contributed by atoms with Crippen LogP contribution in [0.3, 0.4) is 0 Å². The minimum absolute atomic E-state index is 0.307. The lowest BCUT2D eigenvalue weighted by molar-refractivity contribution is 0.415. The van der Waals surface area contributed by atoms with Crippen LogP contribution >= 0.6 is 0 Å². The van der Waals surface area contributed by atoms with Crippen molar-refractivity contribution in [3.05, 3.63) is 66.9 Å². The Morgan fingerprint density at radius 2 is 1.50 bits per heavy atom. The molecule has 0 N–H and O–H groups in total. The van der Waals surface area contributed by atoms with Crippen LogP contribution in [-0.4, -0.2) is 26.8 Å². The number of ether oxygens (including phenoxy) is 1. The van der Waals surface area contributed by atoms with Gasteiger partial charge in [0.1, 0.15) is 5.75 Å². The van der Waals surface area contributed by atoms with Gasteiger partial charge < -0.3 is 4.74 Å². The second-order valence-electron chi connectivity index (χ2n) is 5.42. The molecule has 4 nitrogen and oxygen atoms in total. The Labute approximate surface area is 141 Å². The average molecular weight is 339 g/mol. The number of rotatable bonds is 4. The highest BCUT2D eigenvalue weighted by molar-refractivity contribution is 7.90. The number of hydrogen-bond acceptors (Lipinski definition) is 4. The van der Waals surface area contributed by atoms with E-state index in [1.54, 1.807) is 37.6 Å². The SMILES string of the molecule is COc1ccc(-c2ncccc2-c2ccc(S(C)(=O)=O)cc2)cc1. The quantitative estimate of drug-likeness (QED) is 0.725. The number of methoxy groups -OCH3 is 1. The summed E-state index contributed by atoms with van der Waals surface area (Å²) in [4.78, 5) is 4.80. The van der Waals surface area contributed by atoms with Crippen LogP contribution in [0.2, 0.25) is 0 Å². The van der Waals surface area contributed by atoms with Crippen LogP contribution in [0.1, 0.15) is 0 Å². The van der Waals surface area contributed by atoms with Crippen molar-refractivity contribution in [2.75, 3.05) is 13.4 Å². The van der Waals surface area contributed by atoms with Gasteiger partial charge in [0.05, 0.1) is 17.7 Å². The molecule has 0 atom stereocenters. The fraction of sp³-hybridized carbons (Fsp3) is 0.105. The van der Waals surface area contributed by atoms with E-state index in [-0.39, 0.29) is 0 Å². The van der Waals surface area contributed by atoms with Crippen molar-refractivity contribution in [1.29, 1.82) is 0 Å². The van der Waals surface area contributed by atoms with E-state index in [0.717, 1.165) is 28.1 Å². The molecule has 0 spiro atoms. The molecular formula is C19H17NO3S. The third-order valence-corrected chi connectivity index (χ3v) is 4.89. The summed E-state index contributed by atoms with van der Waals surface area (Å²) in [5.74, 6) is 0.786. The summed E-state index contributed by atoms with van der Waals surface area (Å²) >= 11 is 0. The van der Waals surface area contributed by atoms with E-state index in [4.69, 9.17) is 4.74 Å². The van der Waals surface area contributed by atoms with Crippen LogP contribution in [0.25, 0.3) is 22.4 Å². The molecule has 0 aliphatic heterocycles. The van der Waals surface area contributed by atoms with Crippen LogP contribution in [0.15, 0.2) is 71.8 Å². The van der Waals surface area contributed by atoms with E-state index in [2.05, 4.69) is 4.98 Å². The van der Waals surface area contributed by atoms with E-state index in [1.165, 1.54) is 6.26 Å². The number of hydrogen-bond donors (Lipinski definition) is 0. The number of nitrogens with zero attached hydrogens (tertiary/aromatic N) is 1. The van der Waals surface area contributed by atoms with Gasteiger partial charge >= 0.3 is 0 Å². The molecule has 0 saturated carbocycles. The largest absolute Gasteiger partial charge is 0.497 e. The Morgan fingerprint density at radius 1 is 0.875 bits per heavy atom. The summed E-state index contributed by atoms with van der Waals surface area (Å²) in [6.45, 7) is 0. The molecule has 1 heterocycles. The third kappa shape index (κ3) is 3.31. The van der Waals surface area contributed by atoms with Crippen molar-refractivity contribution in [2.24, 2.45) is 0 Å². The van der Waals surface area contributed by atoms with Crippen molar-refractivity contribution in [2.45, 2.75) is 4.90 Å². The van der Waals surface area contributed by atoms with Crippen molar-refractivity contribution >= 4 is 9.84 Å². The summed E-state index contributed by atoms with van der Waals surface area (Å²) in [5, 5.41) is 0. The first-order chi connectivity index (χ1) is 11.5. The Hall–Kier alpha value is -2.66. The van der Waals surface area contributed by atoms with E-state index < -0.39 is 9.84 Å². The van der Waals surface area contributed by atoms with Gasteiger partial charge in [0.2, 0.25) is 0 Å². The molecule has 0 bridgehead atoms. The molecule has 122 valence electrons. The molecule has 3 rings (SSSR count). The maximum atomic E-state index is 11.6. The molecule has 0 radical (unpaired) electrons. The average Bonchev–Trinajstić information content (AvgIpc) is 2.61. The molecule has 1 aromatic heterocycles. The van der Waals surface area contributed by atoms with Crippen molar-refractivity contribution in [1.82, 2.24) is 4.98 Å². The lowest BCUT2D eigenvalue weighted by Gasteiger charge is -2.10. The Morgan fingerprint density at radius 3 is 2.08 bits per heavy atom.